The molecule has 1 aromatic carbocycles. The van der Waals surface area contributed by atoms with Crippen LogP contribution in [0, 0.1) is 23.6 Å². The third-order valence-corrected chi connectivity index (χ3v) is 10.00. The van der Waals surface area contributed by atoms with Crippen LogP contribution in [0.4, 0.5) is 10.3 Å². The van der Waals surface area contributed by atoms with Crippen LogP contribution in [0.2, 0.25) is 5.02 Å². The Morgan fingerprint density at radius 2 is 1.97 bits per heavy atom. The van der Waals surface area contributed by atoms with Gasteiger partial charge in [0, 0.05) is 38.0 Å². The van der Waals surface area contributed by atoms with E-state index in [1.54, 1.807) is 24.5 Å². The van der Waals surface area contributed by atoms with Crippen LogP contribution in [0.5, 0.6) is 5.75 Å². The highest BCUT2D eigenvalue weighted by Crippen LogP contribution is 2.50. The number of piperidine rings is 1. The highest BCUT2D eigenvalue weighted by molar-refractivity contribution is 8.03. The Labute approximate surface area is 233 Å². The van der Waals surface area contributed by atoms with E-state index in [0.717, 1.165) is 75.3 Å². The van der Waals surface area contributed by atoms with Crippen molar-refractivity contribution in [1.82, 2.24) is 14.9 Å². The van der Waals surface area contributed by atoms with E-state index in [0.29, 0.717) is 35.4 Å². The van der Waals surface area contributed by atoms with E-state index < -0.39 is 0 Å². The van der Waals surface area contributed by atoms with E-state index in [9.17, 15) is 9.18 Å². The highest BCUT2D eigenvalue weighted by Gasteiger charge is 2.43. The number of anilines is 1. The standard InChI is InChI=1S/C29H34ClFN4O2S/c30-23-16-32-29(33-17-23)34-8-3-19(4-9-34)25-13-20(25)6-11-37-24-2-1-21(26(31)15-24)14-28(36)35-10-5-27-22(18-35)7-12-38-27/h1-2,15-17,19-20,25H,3-14,18H2/t20-,25-/m1/s1. The summed E-state index contributed by atoms with van der Waals surface area (Å²) in [4.78, 5) is 27.1. The van der Waals surface area contributed by atoms with Crippen molar-refractivity contribution in [1.29, 1.82) is 0 Å². The second-order valence-corrected chi connectivity index (χ2v) is 12.6. The summed E-state index contributed by atoms with van der Waals surface area (Å²) in [6.07, 6.45) is 10.0. The summed E-state index contributed by atoms with van der Waals surface area (Å²) < 4.78 is 20.7. The number of hydrogen-bond acceptors (Lipinski definition) is 6. The van der Waals surface area contributed by atoms with Gasteiger partial charge >= 0.3 is 0 Å². The number of nitrogens with zero attached hydrogens (tertiary/aromatic N) is 4. The molecule has 1 amide bonds. The van der Waals surface area contributed by atoms with Gasteiger partial charge in [0.2, 0.25) is 11.9 Å². The summed E-state index contributed by atoms with van der Waals surface area (Å²) in [5, 5.41) is 0.563. The van der Waals surface area contributed by atoms with Gasteiger partial charge in [-0.3, -0.25) is 4.79 Å². The molecule has 1 saturated carbocycles. The predicted molar refractivity (Wildman–Crippen MR) is 149 cm³/mol. The fourth-order valence-electron chi connectivity index (χ4n) is 6.25. The molecule has 1 aliphatic carbocycles. The average Bonchev–Trinajstić information content (AvgIpc) is 3.55. The number of ether oxygens (including phenoxy) is 1. The van der Waals surface area contributed by atoms with E-state index in [1.165, 1.54) is 23.0 Å². The Morgan fingerprint density at radius 1 is 1.16 bits per heavy atom. The maximum atomic E-state index is 14.8. The molecule has 0 spiro atoms. The van der Waals surface area contributed by atoms with Gasteiger partial charge < -0.3 is 14.5 Å². The van der Waals surface area contributed by atoms with Crippen molar-refractivity contribution >= 4 is 35.2 Å². The van der Waals surface area contributed by atoms with Gasteiger partial charge in [-0.25, -0.2) is 14.4 Å². The van der Waals surface area contributed by atoms with Crippen LogP contribution < -0.4 is 9.64 Å². The van der Waals surface area contributed by atoms with Crippen molar-refractivity contribution in [3.63, 3.8) is 0 Å². The molecule has 3 aliphatic heterocycles. The molecule has 4 aliphatic rings. The van der Waals surface area contributed by atoms with Crippen LogP contribution in [0.1, 0.15) is 44.1 Å². The van der Waals surface area contributed by atoms with Gasteiger partial charge in [0.15, 0.2) is 0 Å². The normalized spacial score (nSPS) is 23.5. The first kappa shape index (κ1) is 25.9. The van der Waals surface area contributed by atoms with Gasteiger partial charge in [0.05, 0.1) is 30.4 Å². The van der Waals surface area contributed by atoms with Gasteiger partial charge in [0.1, 0.15) is 11.6 Å². The van der Waals surface area contributed by atoms with E-state index in [2.05, 4.69) is 14.9 Å². The van der Waals surface area contributed by atoms with Crippen molar-refractivity contribution < 1.29 is 13.9 Å². The molecule has 0 unspecified atom stereocenters. The Balaban J connectivity index is 0.917. The largest absolute Gasteiger partial charge is 0.493 e. The van der Waals surface area contributed by atoms with Crippen LogP contribution in [0.25, 0.3) is 0 Å². The van der Waals surface area contributed by atoms with E-state index >= 15 is 0 Å². The smallest absolute Gasteiger partial charge is 0.227 e. The minimum Gasteiger partial charge on any atom is -0.493 e. The van der Waals surface area contributed by atoms with E-state index in [-0.39, 0.29) is 18.1 Å². The predicted octanol–water partition coefficient (Wildman–Crippen LogP) is 5.76. The van der Waals surface area contributed by atoms with Crippen LogP contribution in [-0.4, -0.2) is 59.3 Å². The zero-order valence-corrected chi connectivity index (χ0v) is 23.2. The molecule has 202 valence electrons. The van der Waals surface area contributed by atoms with E-state index in [1.807, 2.05) is 16.7 Å². The summed E-state index contributed by atoms with van der Waals surface area (Å²) >= 11 is 7.83. The number of rotatable bonds is 8. The van der Waals surface area contributed by atoms with Crippen molar-refractivity contribution in [2.45, 2.75) is 44.9 Å². The second kappa shape index (κ2) is 11.4. The minimum atomic E-state index is -0.357. The number of carbonyl (C=O) groups is 1. The van der Waals surface area contributed by atoms with Gasteiger partial charge in [0.25, 0.3) is 0 Å². The number of thioether (sulfide) groups is 1. The molecular weight excluding hydrogens is 523 g/mol. The fourth-order valence-corrected chi connectivity index (χ4v) is 7.55. The average molecular weight is 557 g/mol. The van der Waals surface area contributed by atoms with Gasteiger partial charge in [-0.15, -0.1) is 11.8 Å². The van der Waals surface area contributed by atoms with Crippen LogP contribution >= 0.6 is 23.4 Å². The lowest BCUT2D eigenvalue weighted by Crippen LogP contribution is -2.37. The molecule has 0 N–H and O–H groups in total. The molecule has 1 saturated heterocycles. The zero-order valence-electron chi connectivity index (χ0n) is 21.6. The maximum Gasteiger partial charge on any atom is 0.227 e. The van der Waals surface area contributed by atoms with Gasteiger partial charge in [-0.05, 0) is 78.4 Å². The van der Waals surface area contributed by atoms with Crippen LogP contribution in [0.3, 0.4) is 0 Å². The second-order valence-electron chi connectivity index (χ2n) is 10.9. The van der Waals surface area contributed by atoms with Crippen molar-refractivity contribution in [3.8, 4) is 5.75 Å². The molecule has 0 radical (unpaired) electrons. The monoisotopic (exact) mass is 556 g/mol. The lowest BCUT2D eigenvalue weighted by Gasteiger charge is -2.32. The van der Waals surface area contributed by atoms with Crippen LogP contribution in [-0.2, 0) is 11.2 Å². The summed E-state index contributed by atoms with van der Waals surface area (Å²) in [6.45, 7) is 4.01. The first-order chi connectivity index (χ1) is 18.5. The quantitative estimate of drug-likeness (QED) is 0.412. The molecule has 2 atom stereocenters. The van der Waals surface area contributed by atoms with Crippen molar-refractivity contribution in [2.24, 2.45) is 17.8 Å². The third kappa shape index (κ3) is 5.96. The summed E-state index contributed by atoms with van der Waals surface area (Å²) in [7, 11) is 0. The molecule has 6 nitrogen and oxygen atoms in total. The SMILES string of the molecule is O=C(Cc1ccc(OCC[C@@H]2C[C@@H]2C2CCN(c3ncc(Cl)cn3)CC2)cc1F)N1CCC2=C(CCS2)C1. The first-order valence-corrected chi connectivity index (χ1v) is 15.1. The molecule has 38 heavy (non-hydrogen) atoms. The topological polar surface area (TPSA) is 58.6 Å². The van der Waals surface area contributed by atoms with Gasteiger partial charge in [-0.1, -0.05) is 17.7 Å². The molecule has 0 bridgehead atoms. The molecular formula is C29H34ClFN4O2S. The lowest BCUT2D eigenvalue weighted by molar-refractivity contribution is -0.130. The molecule has 9 heteroatoms. The Morgan fingerprint density at radius 3 is 2.76 bits per heavy atom. The number of halogens is 2. The van der Waals surface area contributed by atoms with Crippen molar-refractivity contribution in [2.75, 3.05) is 43.4 Å². The lowest BCUT2D eigenvalue weighted by atomic mass is 9.90. The van der Waals surface area contributed by atoms with Gasteiger partial charge in [-0.2, -0.15) is 0 Å². The molecule has 4 heterocycles. The summed E-state index contributed by atoms with van der Waals surface area (Å²) in [5.74, 6) is 4.29. The maximum absolute atomic E-state index is 14.8. The zero-order chi connectivity index (χ0) is 26.1. The van der Waals surface area contributed by atoms with Crippen LogP contribution in [0.15, 0.2) is 41.1 Å². The first-order valence-electron chi connectivity index (χ1n) is 13.8. The molecule has 2 fully saturated rings. The number of hydrogen-bond donors (Lipinski definition) is 0. The summed E-state index contributed by atoms with van der Waals surface area (Å²) in [5.41, 5.74) is 1.84. The number of amides is 1. The number of carbonyl (C=O) groups excluding carboxylic acids is 1. The molecule has 6 rings (SSSR count). The third-order valence-electron chi connectivity index (χ3n) is 8.55. The van der Waals surface area contributed by atoms with Crippen molar-refractivity contribution in [3.05, 3.63) is 57.5 Å². The summed E-state index contributed by atoms with van der Waals surface area (Å²) in [6, 6.07) is 4.95. The number of aromatic nitrogens is 2. The number of benzene rings is 1. The molecule has 1 aromatic heterocycles. The fraction of sp³-hybridized carbons (Fsp3) is 0.552. The Kier molecular flexibility index (Phi) is 7.80. The highest BCUT2D eigenvalue weighted by atomic mass is 35.5. The molecule has 2 aromatic rings. The Bertz CT molecular complexity index is 1200. The Hall–Kier alpha value is -2.32. The van der Waals surface area contributed by atoms with E-state index in [4.69, 9.17) is 16.3 Å². The minimum absolute atomic E-state index is 0.00678.